The van der Waals surface area contributed by atoms with Crippen molar-refractivity contribution in [3.05, 3.63) is 156 Å². The molecule has 220 valence electrons. The molecule has 0 aliphatic carbocycles. The average molecular weight is 613 g/mol. The molecule has 0 amide bonds. The molecule has 1 fully saturated rings. The number of fused-ring (bicyclic) bond motifs is 4. The van der Waals surface area contributed by atoms with Gasteiger partial charge in [-0.2, -0.15) is 0 Å². The van der Waals surface area contributed by atoms with Gasteiger partial charge in [-0.1, -0.05) is 127 Å². The molecule has 1 saturated heterocycles. The fourth-order valence-electron chi connectivity index (χ4n) is 5.69. The van der Waals surface area contributed by atoms with E-state index in [0.29, 0.717) is 12.1 Å². The number of aryl methyl sites for hydroxylation is 1. The van der Waals surface area contributed by atoms with E-state index >= 15 is 0 Å². The van der Waals surface area contributed by atoms with E-state index in [1.807, 2.05) is 29.2 Å². The molecule has 1 aromatic heterocycles. The number of nitrogens with two attached hydrogens (primary N) is 3. The normalized spacial score (nSPS) is 15.3. The average Bonchev–Trinajstić information content (AvgIpc) is 3.80. The summed E-state index contributed by atoms with van der Waals surface area (Å²) >= 11 is 3.73. The highest BCUT2D eigenvalue weighted by atomic mass is 32.2. The third kappa shape index (κ3) is 6.36. The number of thioether (sulfide) groups is 1. The highest BCUT2D eigenvalue weighted by Gasteiger charge is 2.38. The van der Waals surface area contributed by atoms with Gasteiger partial charge in [0, 0.05) is 36.5 Å². The smallest absolute Gasteiger partial charge is 0.0523 e. The number of nitrogen functional groups attached to an aromatic ring is 1. The van der Waals surface area contributed by atoms with Crippen molar-refractivity contribution in [1.82, 2.24) is 5.32 Å². The summed E-state index contributed by atoms with van der Waals surface area (Å²) in [7, 11) is 0. The topological polar surface area (TPSA) is 100 Å². The molecule has 0 radical (unpaired) electrons. The van der Waals surface area contributed by atoms with Gasteiger partial charge in [-0.05, 0) is 46.5 Å². The van der Waals surface area contributed by atoms with Crippen LogP contribution in [-0.4, -0.2) is 0 Å². The van der Waals surface area contributed by atoms with Crippen LogP contribution in [0.2, 0.25) is 0 Å². The van der Waals surface area contributed by atoms with E-state index in [1.165, 1.54) is 58.1 Å². The van der Waals surface area contributed by atoms with Crippen LogP contribution in [0.15, 0.2) is 138 Å². The largest absolute Gasteiger partial charge is 0.398 e. The molecule has 2 unspecified atom stereocenters. The van der Waals surface area contributed by atoms with E-state index in [-0.39, 0.29) is 0 Å². The Morgan fingerprint density at radius 1 is 0.659 bits per heavy atom. The van der Waals surface area contributed by atoms with Crippen LogP contribution in [0.4, 0.5) is 5.69 Å². The fourth-order valence-corrected chi connectivity index (χ4v) is 8.10. The molecule has 44 heavy (non-hydrogen) atoms. The van der Waals surface area contributed by atoms with Crippen LogP contribution in [0.25, 0.3) is 30.9 Å². The van der Waals surface area contributed by atoms with Crippen molar-refractivity contribution in [2.24, 2.45) is 11.7 Å². The highest BCUT2D eigenvalue weighted by Crippen LogP contribution is 2.42. The van der Waals surface area contributed by atoms with Crippen molar-refractivity contribution in [3.8, 4) is 0 Å². The highest BCUT2D eigenvalue weighted by molar-refractivity contribution is 7.99. The predicted octanol–water partition coefficient (Wildman–Crippen LogP) is 9.28. The van der Waals surface area contributed by atoms with E-state index in [4.69, 9.17) is 5.73 Å². The van der Waals surface area contributed by atoms with Crippen molar-refractivity contribution in [2.75, 3.05) is 5.73 Å². The molecule has 7 N–H and O–H groups in total. The molecule has 2 heterocycles. The second-order valence-corrected chi connectivity index (χ2v) is 12.9. The maximum Gasteiger partial charge on any atom is 0.0523 e. The molecule has 6 aromatic carbocycles. The van der Waals surface area contributed by atoms with E-state index in [9.17, 15) is 0 Å². The summed E-state index contributed by atoms with van der Waals surface area (Å²) in [5.41, 5.74) is 12.6. The molecule has 0 spiro atoms. The van der Waals surface area contributed by atoms with Gasteiger partial charge in [-0.15, -0.1) is 23.1 Å². The van der Waals surface area contributed by atoms with Gasteiger partial charge in [0.05, 0.1) is 12.1 Å². The molecular weight excluding hydrogens is 577 g/mol. The van der Waals surface area contributed by atoms with Crippen LogP contribution in [0.1, 0.15) is 34.3 Å². The van der Waals surface area contributed by atoms with Gasteiger partial charge in [-0.25, -0.2) is 0 Å². The summed E-state index contributed by atoms with van der Waals surface area (Å²) in [4.78, 5) is 1.19. The van der Waals surface area contributed by atoms with Gasteiger partial charge in [0.2, 0.25) is 0 Å². The van der Waals surface area contributed by atoms with Crippen molar-refractivity contribution in [3.63, 3.8) is 0 Å². The number of hydrazine groups is 1. The van der Waals surface area contributed by atoms with Crippen LogP contribution in [0.5, 0.6) is 0 Å². The van der Waals surface area contributed by atoms with Gasteiger partial charge in [-0.3, -0.25) is 17.0 Å². The van der Waals surface area contributed by atoms with Gasteiger partial charge in [0.1, 0.15) is 0 Å². The predicted molar refractivity (Wildman–Crippen MR) is 192 cm³/mol. The Bertz CT molecular complexity index is 1960. The molecule has 7 aromatic rings. The summed E-state index contributed by atoms with van der Waals surface area (Å²) in [5, 5.41) is 8.71. The van der Waals surface area contributed by atoms with E-state index in [0.717, 1.165) is 11.4 Å². The van der Waals surface area contributed by atoms with Crippen molar-refractivity contribution < 1.29 is 0 Å². The lowest BCUT2D eigenvalue weighted by molar-refractivity contribution is 1.03. The molecule has 1 aliphatic rings. The third-order valence-corrected chi connectivity index (χ3v) is 10.4. The second kappa shape index (κ2) is 13.6. The van der Waals surface area contributed by atoms with E-state index in [1.54, 1.807) is 0 Å². The Morgan fingerprint density at radius 3 is 1.98 bits per heavy atom. The number of rotatable bonds is 5. The summed E-state index contributed by atoms with van der Waals surface area (Å²) in [6.45, 7) is 2.13. The van der Waals surface area contributed by atoms with Gasteiger partial charge in [0.15, 0.2) is 0 Å². The van der Waals surface area contributed by atoms with Gasteiger partial charge in [0.25, 0.3) is 0 Å². The number of hydrogen-bond donors (Lipinski definition) is 4. The molecule has 2 atom stereocenters. The lowest BCUT2D eigenvalue weighted by atomic mass is 10.0. The van der Waals surface area contributed by atoms with E-state index < -0.39 is 0 Å². The SMILES string of the molecule is Cc1ccc2ccc(N)c(SCc3cccc4c3sc3ccccc34)c2c1.NN.c1ccc(C2NC2c2ccccc2)cc1. The number of nitrogens with one attached hydrogen (secondary N) is 1. The fraction of sp³-hybridized carbons (Fsp3) is 0.105. The Hall–Kier alpha value is -4.17. The number of thiophene rings is 1. The minimum Gasteiger partial charge on any atom is -0.398 e. The van der Waals surface area contributed by atoms with Crippen molar-refractivity contribution >= 4 is 59.7 Å². The first-order valence-corrected chi connectivity index (χ1v) is 16.5. The maximum atomic E-state index is 6.36. The summed E-state index contributed by atoms with van der Waals surface area (Å²) in [6.07, 6.45) is 0. The minimum atomic E-state index is 0.508. The maximum absolute atomic E-state index is 6.36. The Kier molecular flexibility index (Phi) is 9.26. The van der Waals surface area contributed by atoms with Gasteiger partial charge < -0.3 is 5.73 Å². The number of benzene rings is 6. The molecule has 6 heteroatoms. The number of anilines is 1. The molecular formula is C38H36N4S2. The first kappa shape index (κ1) is 29.9. The second-order valence-electron chi connectivity index (χ2n) is 10.8. The zero-order chi connectivity index (χ0) is 30.5. The van der Waals surface area contributed by atoms with Crippen LogP contribution in [0.3, 0.4) is 0 Å². The number of hydrogen-bond acceptors (Lipinski definition) is 6. The first-order chi connectivity index (χ1) is 21.7. The Labute approximate surface area is 266 Å². The van der Waals surface area contributed by atoms with Crippen molar-refractivity contribution in [2.45, 2.75) is 29.7 Å². The lowest BCUT2D eigenvalue weighted by Crippen LogP contribution is -2.02. The first-order valence-electron chi connectivity index (χ1n) is 14.7. The van der Waals surface area contributed by atoms with Crippen molar-refractivity contribution in [1.29, 1.82) is 0 Å². The summed E-state index contributed by atoms with van der Waals surface area (Å²) in [6, 6.07) is 48.3. The van der Waals surface area contributed by atoms with Gasteiger partial charge >= 0.3 is 0 Å². The quantitative estimate of drug-likeness (QED) is 0.0510. The molecule has 0 saturated carbocycles. The summed E-state index contributed by atoms with van der Waals surface area (Å²) in [5.74, 6) is 8.92. The van der Waals surface area contributed by atoms with Crippen LogP contribution in [-0.2, 0) is 5.75 Å². The molecule has 8 rings (SSSR count). The Balaban J connectivity index is 0.000000170. The molecule has 4 nitrogen and oxygen atoms in total. The minimum absolute atomic E-state index is 0.508. The standard InChI is InChI=1S/C24H19NS2.C14H13N.H4N2/c1-15-9-10-16-11-12-21(25)24(20(16)13-15)26-14-17-5-4-7-19-18-6-2-3-8-22(18)27-23(17)19;1-3-7-11(8-4-1)13-14(15-13)12-9-5-2-6-10-12;1-2/h2-13H,14,25H2,1H3;1-10,13-15H;1-2H2. The van der Waals surface area contributed by atoms with Crippen LogP contribution >= 0.6 is 23.1 Å². The Morgan fingerprint density at radius 2 is 1.27 bits per heavy atom. The van der Waals surface area contributed by atoms with Crippen LogP contribution in [0, 0.1) is 6.92 Å². The third-order valence-electron chi connectivity index (χ3n) is 7.92. The molecule has 0 bridgehead atoms. The van der Waals surface area contributed by atoms with E-state index in [2.05, 4.69) is 151 Å². The zero-order valence-corrected chi connectivity index (χ0v) is 26.2. The summed E-state index contributed by atoms with van der Waals surface area (Å²) < 4.78 is 2.74. The molecule has 1 aliphatic heterocycles. The monoisotopic (exact) mass is 612 g/mol. The zero-order valence-electron chi connectivity index (χ0n) is 24.6. The lowest BCUT2D eigenvalue weighted by Gasteiger charge is -2.11. The van der Waals surface area contributed by atoms with Crippen LogP contribution < -0.4 is 22.7 Å².